The molecule has 0 aliphatic rings. The van der Waals surface area contributed by atoms with Gasteiger partial charge in [0, 0.05) is 16.6 Å². The van der Waals surface area contributed by atoms with Gasteiger partial charge in [-0.25, -0.2) is 4.98 Å². The van der Waals surface area contributed by atoms with Gasteiger partial charge in [-0.15, -0.1) is 0 Å². The maximum atomic E-state index is 6.12. The van der Waals surface area contributed by atoms with Crippen molar-refractivity contribution >= 4 is 43.3 Å². The lowest BCUT2D eigenvalue weighted by molar-refractivity contribution is 0.975. The molecule has 0 fully saturated rings. The zero-order valence-corrected chi connectivity index (χ0v) is 14.1. The molecule has 3 aromatic rings. The number of aryl methyl sites for hydroxylation is 1. The maximum Gasteiger partial charge on any atom is 0.154 e. The highest BCUT2D eigenvalue weighted by Gasteiger charge is 2.16. The maximum absolute atomic E-state index is 6.12. The Labute approximate surface area is 134 Å². The van der Waals surface area contributed by atoms with E-state index in [-0.39, 0.29) is 0 Å². The Kier molecular flexibility index (Phi) is 3.56. The van der Waals surface area contributed by atoms with Crippen LogP contribution in [0.2, 0.25) is 0 Å². The number of rotatable bonds is 2. The minimum absolute atomic E-state index is 0.579. The number of halogens is 2. The third-order valence-corrected chi connectivity index (χ3v) is 4.75. The Hall–Kier alpha value is -1.33. The van der Waals surface area contributed by atoms with Crippen molar-refractivity contribution in [1.29, 1.82) is 0 Å². The smallest absolute Gasteiger partial charge is 0.154 e. The fraction of sp³-hybridized carbons (Fsp3) is 0.133. The molecule has 1 aromatic carbocycles. The second kappa shape index (κ2) is 5.22. The molecule has 0 radical (unpaired) electrons. The number of nitrogens with zero attached hydrogens (tertiary/aromatic N) is 2. The number of fused-ring (bicyclic) bond motifs is 1. The molecule has 2 heterocycles. The SMILES string of the molecule is Cc1c(Br)cc(Br)c2nc(N)c(Cc3ccccc3)n12. The summed E-state index contributed by atoms with van der Waals surface area (Å²) in [6.07, 6.45) is 0.761. The fourth-order valence-corrected chi connectivity index (χ4v) is 3.55. The Bertz CT molecular complexity index is 779. The standard InChI is InChI=1S/C15H13Br2N3/c1-9-11(16)8-12(17)15-19-14(18)13(20(9)15)7-10-5-3-2-4-6-10/h2-6,8H,7,18H2,1H3. The average Bonchev–Trinajstić information content (AvgIpc) is 2.76. The number of anilines is 1. The first-order valence-corrected chi connectivity index (χ1v) is 7.82. The second-order valence-electron chi connectivity index (χ2n) is 4.69. The first-order chi connectivity index (χ1) is 9.58. The Morgan fingerprint density at radius 1 is 1.15 bits per heavy atom. The summed E-state index contributed by atoms with van der Waals surface area (Å²) in [6.45, 7) is 2.05. The molecule has 20 heavy (non-hydrogen) atoms. The highest BCUT2D eigenvalue weighted by molar-refractivity contribution is 9.11. The van der Waals surface area contributed by atoms with E-state index in [1.165, 1.54) is 5.56 Å². The van der Waals surface area contributed by atoms with Crippen molar-refractivity contribution in [2.75, 3.05) is 5.73 Å². The first-order valence-electron chi connectivity index (χ1n) is 6.23. The van der Waals surface area contributed by atoms with Crippen LogP contribution in [0.25, 0.3) is 5.65 Å². The van der Waals surface area contributed by atoms with E-state index in [0.717, 1.165) is 32.4 Å². The zero-order chi connectivity index (χ0) is 14.3. The molecular formula is C15H13Br2N3. The first kappa shape index (κ1) is 13.6. The van der Waals surface area contributed by atoms with Crippen LogP contribution < -0.4 is 5.73 Å². The molecule has 0 atom stereocenters. The zero-order valence-electron chi connectivity index (χ0n) is 10.9. The number of imidazole rings is 1. The number of nitrogens with two attached hydrogens (primary N) is 1. The summed E-state index contributed by atoms with van der Waals surface area (Å²) in [5.41, 5.74) is 10.3. The molecule has 0 spiro atoms. The molecule has 0 bridgehead atoms. The summed E-state index contributed by atoms with van der Waals surface area (Å²) < 4.78 is 4.07. The predicted octanol–water partition coefficient (Wildman–Crippen LogP) is 4.34. The number of pyridine rings is 1. The van der Waals surface area contributed by atoms with Gasteiger partial charge in [0.2, 0.25) is 0 Å². The number of aromatic nitrogens is 2. The molecule has 0 amide bonds. The molecule has 2 aromatic heterocycles. The largest absolute Gasteiger partial charge is 0.382 e. The van der Waals surface area contributed by atoms with Crippen molar-refractivity contribution in [3.05, 3.63) is 62.3 Å². The van der Waals surface area contributed by atoms with Gasteiger partial charge in [-0.3, -0.25) is 4.40 Å². The van der Waals surface area contributed by atoms with E-state index in [1.807, 2.05) is 24.3 Å². The van der Waals surface area contributed by atoms with Crippen molar-refractivity contribution in [1.82, 2.24) is 9.38 Å². The van der Waals surface area contributed by atoms with Gasteiger partial charge in [-0.2, -0.15) is 0 Å². The minimum atomic E-state index is 0.579. The van der Waals surface area contributed by atoms with Crippen LogP contribution in [0.1, 0.15) is 17.0 Å². The molecule has 0 saturated heterocycles. The number of nitrogen functional groups attached to an aromatic ring is 1. The van der Waals surface area contributed by atoms with Gasteiger partial charge in [-0.1, -0.05) is 30.3 Å². The monoisotopic (exact) mass is 393 g/mol. The Balaban J connectivity index is 2.23. The lowest BCUT2D eigenvalue weighted by atomic mass is 10.1. The summed E-state index contributed by atoms with van der Waals surface area (Å²) >= 11 is 7.12. The molecule has 2 N–H and O–H groups in total. The number of benzene rings is 1. The van der Waals surface area contributed by atoms with Crippen LogP contribution in [0.15, 0.2) is 45.3 Å². The summed E-state index contributed by atoms with van der Waals surface area (Å²) in [5.74, 6) is 0.579. The van der Waals surface area contributed by atoms with Crippen LogP contribution in [0.3, 0.4) is 0 Å². The summed E-state index contributed by atoms with van der Waals surface area (Å²) in [7, 11) is 0. The molecule has 102 valence electrons. The van der Waals surface area contributed by atoms with Crippen LogP contribution in [0, 0.1) is 6.92 Å². The van der Waals surface area contributed by atoms with Crippen molar-refractivity contribution in [2.45, 2.75) is 13.3 Å². The van der Waals surface area contributed by atoms with Crippen molar-refractivity contribution in [3.8, 4) is 0 Å². The second-order valence-corrected chi connectivity index (χ2v) is 6.40. The van der Waals surface area contributed by atoms with Gasteiger partial charge in [0.15, 0.2) is 5.65 Å². The lowest BCUT2D eigenvalue weighted by Crippen LogP contribution is -2.02. The molecule has 0 saturated carbocycles. The molecule has 3 nitrogen and oxygen atoms in total. The predicted molar refractivity (Wildman–Crippen MR) is 89.0 cm³/mol. The van der Waals surface area contributed by atoms with Gasteiger partial charge >= 0.3 is 0 Å². The van der Waals surface area contributed by atoms with Crippen molar-refractivity contribution in [3.63, 3.8) is 0 Å². The molecule has 0 aliphatic carbocycles. The van der Waals surface area contributed by atoms with E-state index >= 15 is 0 Å². The Morgan fingerprint density at radius 3 is 2.55 bits per heavy atom. The average molecular weight is 395 g/mol. The molecular weight excluding hydrogens is 382 g/mol. The topological polar surface area (TPSA) is 43.3 Å². The van der Waals surface area contributed by atoms with Gasteiger partial charge in [0.05, 0.1) is 10.2 Å². The number of hydrogen-bond acceptors (Lipinski definition) is 2. The third kappa shape index (κ3) is 2.25. The van der Waals surface area contributed by atoms with E-state index in [2.05, 4.69) is 60.3 Å². The van der Waals surface area contributed by atoms with Gasteiger partial charge in [0.25, 0.3) is 0 Å². The summed E-state index contributed by atoms with van der Waals surface area (Å²) in [4.78, 5) is 4.48. The molecule has 5 heteroatoms. The lowest BCUT2D eigenvalue weighted by Gasteiger charge is -2.09. The summed E-state index contributed by atoms with van der Waals surface area (Å²) in [5, 5.41) is 0. The van der Waals surface area contributed by atoms with Crippen LogP contribution >= 0.6 is 31.9 Å². The quantitative estimate of drug-likeness (QED) is 0.702. The Morgan fingerprint density at radius 2 is 1.85 bits per heavy atom. The van der Waals surface area contributed by atoms with E-state index in [9.17, 15) is 0 Å². The van der Waals surface area contributed by atoms with Crippen molar-refractivity contribution in [2.24, 2.45) is 0 Å². The highest BCUT2D eigenvalue weighted by Crippen LogP contribution is 2.30. The minimum Gasteiger partial charge on any atom is -0.382 e. The third-order valence-electron chi connectivity index (χ3n) is 3.37. The highest BCUT2D eigenvalue weighted by atomic mass is 79.9. The van der Waals surface area contributed by atoms with Crippen LogP contribution in [-0.2, 0) is 6.42 Å². The van der Waals surface area contributed by atoms with E-state index < -0.39 is 0 Å². The molecule has 0 unspecified atom stereocenters. The van der Waals surface area contributed by atoms with Crippen LogP contribution in [-0.4, -0.2) is 9.38 Å². The normalized spacial score (nSPS) is 11.2. The fourth-order valence-electron chi connectivity index (χ4n) is 2.34. The molecule has 0 aliphatic heterocycles. The summed E-state index contributed by atoms with van der Waals surface area (Å²) in [6, 6.07) is 12.3. The number of hydrogen-bond donors (Lipinski definition) is 1. The van der Waals surface area contributed by atoms with E-state index in [1.54, 1.807) is 0 Å². The van der Waals surface area contributed by atoms with E-state index in [4.69, 9.17) is 5.73 Å². The van der Waals surface area contributed by atoms with Gasteiger partial charge in [0.1, 0.15) is 5.82 Å². The van der Waals surface area contributed by atoms with Gasteiger partial charge in [-0.05, 0) is 50.4 Å². The van der Waals surface area contributed by atoms with Crippen LogP contribution in [0.4, 0.5) is 5.82 Å². The van der Waals surface area contributed by atoms with E-state index in [0.29, 0.717) is 5.82 Å². The van der Waals surface area contributed by atoms with Crippen molar-refractivity contribution < 1.29 is 0 Å². The molecule has 3 rings (SSSR count). The van der Waals surface area contributed by atoms with Gasteiger partial charge < -0.3 is 5.73 Å². The van der Waals surface area contributed by atoms with Crippen LogP contribution in [0.5, 0.6) is 0 Å².